The summed E-state index contributed by atoms with van der Waals surface area (Å²) in [6.07, 6.45) is 0.152. The predicted octanol–water partition coefficient (Wildman–Crippen LogP) is -1.88. The van der Waals surface area contributed by atoms with Crippen molar-refractivity contribution in [1.82, 2.24) is 4.72 Å². The van der Waals surface area contributed by atoms with Crippen LogP contribution in [0.25, 0.3) is 0 Å². The molecule has 0 fully saturated rings. The number of rotatable bonds is 7. The van der Waals surface area contributed by atoms with Crippen LogP contribution in [-0.4, -0.2) is 54.2 Å². The second kappa shape index (κ2) is 5.40. The Hall–Kier alpha value is -0.700. The maximum Gasteiger partial charge on any atom is 0.320 e. The molecule has 0 aromatic carbocycles. The average Bonchev–Trinajstić information content (AvgIpc) is 2.12. The Labute approximate surface area is 87.8 Å². The summed E-state index contributed by atoms with van der Waals surface area (Å²) in [5, 5.41) is 26.2. The molecule has 0 atom stereocenters. The van der Waals surface area contributed by atoms with Crippen molar-refractivity contribution in [2.75, 3.05) is 19.0 Å². The second-order valence-electron chi connectivity index (χ2n) is 3.20. The minimum absolute atomic E-state index is 0.152. The number of aliphatic hydroxyl groups is 2. The Morgan fingerprint density at radius 3 is 2.07 bits per heavy atom. The summed E-state index contributed by atoms with van der Waals surface area (Å²) in [6, 6.07) is 0. The zero-order valence-electron chi connectivity index (χ0n) is 8.30. The number of carboxylic acid groups (broad SMARTS) is 1. The molecule has 0 rings (SSSR count). The van der Waals surface area contributed by atoms with Gasteiger partial charge < -0.3 is 15.3 Å². The molecule has 0 radical (unpaired) electrons. The highest BCUT2D eigenvalue weighted by atomic mass is 32.2. The number of hydrogen-bond donors (Lipinski definition) is 4. The van der Waals surface area contributed by atoms with Crippen LogP contribution in [-0.2, 0) is 14.8 Å². The third-order valence-electron chi connectivity index (χ3n) is 1.97. The van der Waals surface area contributed by atoms with Gasteiger partial charge in [0.25, 0.3) is 0 Å². The highest BCUT2D eigenvalue weighted by Gasteiger charge is 2.32. The van der Waals surface area contributed by atoms with E-state index < -0.39 is 40.5 Å². The van der Waals surface area contributed by atoms with Gasteiger partial charge in [0.1, 0.15) is 0 Å². The number of carbonyl (C=O) groups is 1. The smallest absolute Gasteiger partial charge is 0.320 e. The van der Waals surface area contributed by atoms with Crippen LogP contribution in [0.1, 0.15) is 13.3 Å². The van der Waals surface area contributed by atoms with E-state index in [0.29, 0.717) is 0 Å². The van der Waals surface area contributed by atoms with E-state index in [1.165, 1.54) is 0 Å². The number of aliphatic hydroxyl groups excluding tert-OH is 2. The highest BCUT2D eigenvalue weighted by Crippen LogP contribution is 2.10. The fraction of sp³-hybridized carbons (Fsp3) is 0.857. The molecule has 90 valence electrons. The summed E-state index contributed by atoms with van der Waals surface area (Å²) in [6.45, 7) is 0.368. The molecule has 0 aromatic heterocycles. The third-order valence-corrected chi connectivity index (χ3v) is 3.34. The number of aliphatic carboxylic acids is 1. The van der Waals surface area contributed by atoms with E-state index in [1.54, 1.807) is 6.92 Å². The van der Waals surface area contributed by atoms with Crippen LogP contribution in [0.5, 0.6) is 0 Å². The van der Waals surface area contributed by atoms with Crippen molar-refractivity contribution >= 4 is 16.0 Å². The summed E-state index contributed by atoms with van der Waals surface area (Å²) in [7, 11) is -4.04. The van der Waals surface area contributed by atoms with Gasteiger partial charge in [-0.2, -0.15) is 0 Å². The molecule has 0 amide bonds. The number of hydrogen-bond acceptors (Lipinski definition) is 5. The van der Waals surface area contributed by atoms with Gasteiger partial charge in [0.05, 0.1) is 18.8 Å². The molecular formula is C7H15NO6S. The molecular weight excluding hydrogens is 226 g/mol. The Morgan fingerprint density at radius 1 is 1.33 bits per heavy atom. The molecule has 0 bridgehead atoms. The molecule has 0 unspecified atom stereocenters. The van der Waals surface area contributed by atoms with Crippen molar-refractivity contribution in [2.45, 2.75) is 18.9 Å². The van der Waals surface area contributed by atoms with E-state index in [0.717, 1.165) is 0 Å². The van der Waals surface area contributed by atoms with E-state index in [-0.39, 0.29) is 6.42 Å². The van der Waals surface area contributed by atoms with Gasteiger partial charge in [-0.25, -0.2) is 13.1 Å². The minimum atomic E-state index is -4.04. The molecule has 0 aliphatic rings. The molecule has 0 aromatic rings. The molecule has 0 saturated heterocycles. The first-order valence-corrected chi connectivity index (χ1v) is 5.91. The van der Waals surface area contributed by atoms with Gasteiger partial charge in [-0.3, -0.25) is 4.79 Å². The van der Waals surface area contributed by atoms with Crippen LogP contribution in [0.15, 0.2) is 0 Å². The van der Waals surface area contributed by atoms with Crippen molar-refractivity contribution in [3.63, 3.8) is 0 Å². The first kappa shape index (κ1) is 14.3. The topological polar surface area (TPSA) is 124 Å². The molecule has 0 heterocycles. The quantitative estimate of drug-likeness (QED) is 0.413. The minimum Gasteiger partial charge on any atom is -0.480 e. The molecule has 0 saturated carbocycles. The molecule has 0 aliphatic heterocycles. The van der Waals surface area contributed by atoms with Crippen LogP contribution in [0.3, 0.4) is 0 Å². The summed E-state index contributed by atoms with van der Waals surface area (Å²) in [5.41, 5.74) is -1.39. The first-order chi connectivity index (χ1) is 6.81. The summed E-state index contributed by atoms with van der Waals surface area (Å²) in [5.74, 6) is -2.59. The highest BCUT2D eigenvalue weighted by molar-refractivity contribution is 7.90. The number of nitrogens with one attached hydrogen (secondary N) is 1. The fourth-order valence-corrected chi connectivity index (χ4v) is 2.27. The number of carboxylic acids is 1. The Morgan fingerprint density at radius 2 is 1.80 bits per heavy atom. The van der Waals surface area contributed by atoms with E-state index in [9.17, 15) is 13.2 Å². The van der Waals surface area contributed by atoms with Gasteiger partial charge >= 0.3 is 5.97 Å². The maximum atomic E-state index is 11.2. The largest absolute Gasteiger partial charge is 0.480 e. The average molecular weight is 241 g/mol. The lowest BCUT2D eigenvalue weighted by atomic mass is 10.0. The van der Waals surface area contributed by atoms with Crippen LogP contribution in [0.4, 0.5) is 0 Å². The molecule has 0 spiro atoms. The van der Waals surface area contributed by atoms with Gasteiger partial charge in [0, 0.05) is 0 Å². The van der Waals surface area contributed by atoms with Crippen LogP contribution < -0.4 is 4.72 Å². The SMILES string of the molecule is CCC(CO)(CO)NS(=O)(=O)CC(=O)O. The van der Waals surface area contributed by atoms with Crippen LogP contribution in [0.2, 0.25) is 0 Å². The maximum absolute atomic E-state index is 11.2. The predicted molar refractivity (Wildman–Crippen MR) is 51.8 cm³/mol. The van der Waals surface area contributed by atoms with Crippen molar-refractivity contribution < 1.29 is 28.5 Å². The van der Waals surface area contributed by atoms with Gasteiger partial charge in [-0.15, -0.1) is 0 Å². The van der Waals surface area contributed by atoms with Crippen molar-refractivity contribution in [3.05, 3.63) is 0 Å². The van der Waals surface area contributed by atoms with Crippen LogP contribution in [0, 0.1) is 0 Å². The monoisotopic (exact) mass is 241 g/mol. The molecule has 7 nitrogen and oxygen atoms in total. The Bertz CT molecular complexity index is 299. The van der Waals surface area contributed by atoms with Gasteiger partial charge in [-0.1, -0.05) is 6.92 Å². The summed E-state index contributed by atoms with van der Waals surface area (Å²) in [4.78, 5) is 10.2. The van der Waals surface area contributed by atoms with Gasteiger partial charge in [0.15, 0.2) is 5.75 Å². The summed E-state index contributed by atoms with van der Waals surface area (Å²) >= 11 is 0. The van der Waals surface area contributed by atoms with E-state index >= 15 is 0 Å². The van der Waals surface area contributed by atoms with E-state index in [1.807, 2.05) is 4.72 Å². The Balaban J connectivity index is 4.74. The zero-order chi connectivity index (χ0) is 12.1. The molecule has 0 aliphatic carbocycles. The first-order valence-electron chi connectivity index (χ1n) is 4.26. The molecule has 15 heavy (non-hydrogen) atoms. The van der Waals surface area contributed by atoms with Crippen molar-refractivity contribution in [1.29, 1.82) is 0 Å². The van der Waals surface area contributed by atoms with E-state index in [2.05, 4.69) is 0 Å². The lowest BCUT2D eigenvalue weighted by Gasteiger charge is -2.28. The standard InChI is InChI=1S/C7H15NO6S/c1-2-7(4-9,5-10)8-15(13,14)3-6(11)12/h8-10H,2-5H2,1H3,(H,11,12). The lowest BCUT2D eigenvalue weighted by Crippen LogP contribution is -2.54. The number of sulfonamides is 1. The summed E-state index contributed by atoms with van der Waals surface area (Å²) < 4.78 is 24.4. The van der Waals surface area contributed by atoms with Crippen molar-refractivity contribution in [3.8, 4) is 0 Å². The lowest BCUT2D eigenvalue weighted by molar-refractivity contribution is -0.134. The van der Waals surface area contributed by atoms with Crippen LogP contribution >= 0.6 is 0 Å². The molecule has 4 N–H and O–H groups in total. The third kappa shape index (κ3) is 4.56. The Kier molecular flexibility index (Phi) is 5.15. The normalized spacial score (nSPS) is 12.7. The zero-order valence-corrected chi connectivity index (χ0v) is 9.12. The molecule has 8 heteroatoms. The second-order valence-corrected chi connectivity index (χ2v) is 4.93. The van der Waals surface area contributed by atoms with E-state index in [4.69, 9.17) is 15.3 Å². The fourth-order valence-electron chi connectivity index (χ4n) is 0.939. The van der Waals surface area contributed by atoms with Gasteiger partial charge in [0.2, 0.25) is 10.0 Å². The van der Waals surface area contributed by atoms with Gasteiger partial charge in [-0.05, 0) is 6.42 Å². The van der Waals surface area contributed by atoms with Crippen molar-refractivity contribution in [2.24, 2.45) is 0 Å².